The molecule has 0 N–H and O–H groups in total. The number of hydrogen-bond acceptors (Lipinski definition) is 3. The van der Waals surface area contributed by atoms with Crippen LogP contribution in [-0.2, 0) is 4.79 Å². The van der Waals surface area contributed by atoms with E-state index in [9.17, 15) is 4.79 Å². The average Bonchev–Trinajstić information content (AvgIpc) is 3.03. The van der Waals surface area contributed by atoms with Gasteiger partial charge in [0, 0.05) is 32.1 Å². The zero-order valence-corrected chi connectivity index (χ0v) is 16.3. The van der Waals surface area contributed by atoms with E-state index in [-0.39, 0.29) is 5.92 Å². The molecule has 4 rings (SSSR count). The molecular weight excluding hydrogens is 336 g/mol. The van der Waals surface area contributed by atoms with Gasteiger partial charge in [-0.1, -0.05) is 30.4 Å². The Balaban J connectivity index is 1.46. The summed E-state index contributed by atoms with van der Waals surface area (Å²) in [5, 5.41) is 4.77. The molecule has 1 unspecified atom stereocenters. The van der Waals surface area contributed by atoms with Crippen molar-refractivity contribution in [2.45, 2.75) is 33.1 Å². The number of hydrogen-bond donors (Lipinski definition) is 0. The fourth-order valence-electron chi connectivity index (χ4n) is 4.34. The molecule has 2 aromatic rings. The van der Waals surface area contributed by atoms with Gasteiger partial charge in [-0.2, -0.15) is 5.10 Å². The minimum Gasteiger partial charge on any atom is -0.365 e. The Morgan fingerprint density at radius 1 is 1.04 bits per heavy atom. The first-order valence-corrected chi connectivity index (χ1v) is 9.95. The van der Waals surface area contributed by atoms with Gasteiger partial charge in [-0.25, -0.2) is 4.68 Å². The van der Waals surface area contributed by atoms with Crippen molar-refractivity contribution in [3.05, 3.63) is 53.9 Å². The van der Waals surface area contributed by atoms with Crippen molar-refractivity contribution in [1.29, 1.82) is 0 Å². The summed E-state index contributed by atoms with van der Waals surface area (Å²) in [4.78, 5) is 17.2. The zero-order chi connectivity index (χ0) is 18.8. The third-order valence-corrected chi connectivity index (χ3v) is 5.78. The first-order chi connectivity index (χ1) is 13.1. The maximum absolute atomic E-state index is 12.8. The number of carbonyl (C=O) groups excluding carboxylic acids is 1. The number of benzene rings is 1. The Kier molecular flexibility index (Phi) is 5.01. The number of piperazine rings is 1. The van der Waals surface area contributed by atoms with Crippen LogP contribution in [0.2, 0.25) is 0 Å². The number of amides is 1. The van der Waals surface area contributed by atoms with Crippen molar-refractivity contribution >= 4 is 11.6 Å². The molecule has 0 radical (unpaired) electrons. The highest BCUT2D eigenvalue weighted by atomic mass is 16.2. The van der Waals surface area contributed by atoms with Crippen LogP contribution in [0.1, 0.15) is 30.7 Å². The Morgan fingerprint density at radius 3 is 2.44 bits per heavy atom. The van der Waals surface area contributed by atoms with Gasteiger partial charge < -0.3 is 9.80 Å². The van der Waals surface area contributed by atoms with Crippen LogP contribution < -0.4 is 4.90 Å². The quantitative estimate of drug-likeness (QED) is 0.783. The second-order valence-electron chi connectivity index (χ2n) is 7.56. The molecule has 0 saturated carbocycles. The summed E-state index contributed by atoms with van der Waals surface area (Å²) >= 11 is 0. The molecule has 5 heteroatoms. The van der Waals surface area contributed by atoms with Crippen molar-refractivity contribution < 1.29 is 4.79 Å². The summed E-state index contributed by atoms with van der Waals surface area (Å²) in [7, 11) is 0. The van der Waals surface area contributed by atoms with Gasteiger partial charge in [-0.3, -0.25) is 4.79 Å². The van der Waals surface area contributed by atoms with Crippen molar-refractivity contribution in [2.24, 2.45) is 5.92 Å². The Labute approximate surface area is 161 Å². The molecule has 1 saturated heterocycles. The van der Waals surface area contributed by atoms with Gasteiger partial charge in [0.2, 0.25) is 5.91 Å². The summed E-state index contributed by atoms with van der Waals surface area (Å²) in [6, 6.07) is 10.3. The van der Waals surface area contributed by atoms with Gasteiger partial charge in [0.15, 0.2) is 0 Å². The molecule has 1 atom stereocenters. The third kappa shape index (κ3) is 3.51. The molecule has 1 amide bonds. The molecule has 1 aromatic carbocycles. The van der Waals surface area contributed by atoms with Crippen molar-refractivity contribution in [3.8, 4) is 5.69 Å². The maximum Gasteiger partial charge on any atom is 0.226 e. The van der Waals surface area contributed by atoms with Crippen LogP contribution in [-0.4, -0.2) is 46.8 Å². The van der Waals surface area contributed by atoms with E-state index in [1.165, 1.54) is 5.69 Å². The van der Waals surface area contributed by atoms with Crippen LogP contribution >= 0.6 is 0 Å². The molecule has 0 bridgehead atoms. The number of carbonyl (C=O) groups is 1. The lowest BCUT2D eigenvalue weighted by molar-refractivity contribution is -0.136. The number of aryl methyl sites for hydroxylation is 1. The number of rotatable bonds is 3. The summed E-state index contributed by atoms with van der Waals surface area (Å²) in [6.07, 6.45) is 7.29. The third-order valence-electron chi connectivity index (χ3n) is 5.78. The second kappa shape index (κ2) is 7.59. The highest BCUT2D eigenvalue weighted by Gasteiger charge is 2.29. The Morgan fingerprint density at radius 2 is 1.78 bits per heavy atom. The topological polar surface area (TPSA) is 41.4 Å². The van der Waals surface area contributed by atoms with E-state index in [1.807, 2.05) is 22.9 Å². The predicted molar refractivity (Wildman–Crippen MR) is 108 cm³/mol. The normalized spacial score (nSPS) is 20.1. The van der Waals surface area contributed by atoms with Crippen LogP contribution in [0.4, 0.5) is 5.69 Å². The van der Waals surface area contributed by atoms with Gasteiger partial charge in [0.05, 0.1) is 22.8 Å². The number of nitrogens with zero attached hydrogens (tertiary/aromatic N) is 4. The maximum atomic E-state index is 12.8. The van der Waals surface area contributed by atoms with Crippen LogP contribution in [0.15, 0.2) is 42.5 Å². The van der Waals surface area contributed by atoms with E-state index in [4.69, 9.17) is 5.10 Å². The van der Waals surface area contributed by atoms with Crippen LogP contribution in [0.25, 0.3) is 5.69 Å². The molecule has 1 aliphatic heterocycles. The van der Waals surface area contributed by atoms with Crippen LogP contribution in [0.3, 0.4) is 0 Å². The number of para-hydroxylation sites is 1. The standard InChI is InChI=1S/C22H28N4O/c1-17-21(18(2)26(23-17)20-11-7-4-8-12-20)24-13-15-25(16-14-24)22(27)19-9-5-3-6-10-19/h3-5,7-8,11-12,19H,6,9-10,13-16H2,1-2H3. The molecule has 1 fully saturated rings. The molecule has 2 aliphatic rings. The van der Waals surface area contributed by atoms with Gasteiger partial charge in [-0.15, -0.1) is 0 Å². The molecule has 0 spiro atoms. The number of allylic oxidation sites excluding steroid dienone is 2. The van der Waals surface area contributed by atoms with Crippen molar-refractivity contribution in [3.63, 3.8) is 0 Å². The zero-order valence-electron chi connectivity index (χ0n) is 16.3. The lowest BCUT2D eigenvalue weighted by Gasteiger charge is -2.38. The van der Waals surface area contributed by atoms with Crippen molar-refractivity contribution in [1.82, 2.24) is 14.7 Å². The highest BCUT2D eigenvalue weighted by Crippen LogP contribution is 2.28. The molecule has 27 heavy (non-hydrogen) atoms. The predicted octanol–water partition coefficient (Wildman–Crippen LogP) is 3.49. The summed E-state index contributed by atoms with van der Waals surface area (Å²) in [6.45, 7) is 7.55. The Hall–Kier alpha value is -2.56. The van der Waals surface area contributed by atoms with Gasteiger partial charge >= 0.3 is 0 Å². The minimum absolute atomic E-state index is 0.186. The van der Waals surface area contributed by atoms with Gasteiger partial charge in [0.25, 0.3) is 0 Å². The second-order valence-corrected chi connectivity index (χ2v) is 7.56. The molecule has 5 nitrogen and oxygen atoms in total. The highest BCUT2D eigenvalue weighted by molar-refractivity contribution is 5.79. The smallest absolute Gasteiger partial charge is 0.226 e. The van der Waals surface area contributed by atoms with E-state index in [0.717, 1.165) is 62.5 Å². The molecule has 142 valence electrons. The fourth-order valence-corrected chi connectivity index (χ4v) is 4.34. The van der Waals surface area contributed by atoms with Gasteiger partial charge in [-0.05, 0) is 45.2 Å². The number of anilines is 1. The minimum atomic E-state index is 0.186. The number of aromatic nitrogens is 2. The monoisotopic (exact) mass is 364 g/mol. The molecule has 1 aliphatic carbocycles. The van der Waals surface area contributed by atoms with E-state index >= 15 is 0 Å². The molecular formula is C22H28N4O. The first-order valence-electron chi connectivity index (χ1n) is 9.95. The van der Waals surface area contributed by atoms with E-state index in [2.05, 4.69) is 47.9 Å². The average molecular weight is 364 g/mol. The first kappa shape index (κ1) is 17.8. The lowest BCUT2D eigenvalue weighted by Crippen LogP contribution is -2.50. The van der Waals surface area contributed by atoms with E-state index in [1.54, 1.807) is 0 Å². The molecule has 2 heterocycles. The Bertz CT molecular complexity index is 831. The van der Waals surface area contributed by atoms with Crippen LogP contribution in [0.5, 0.6) is 0 Å². The lowest BCUT2D eigenvalue weighted by atomic mass is 9.93. The van der Waals surface area contributed by atoms with E-state index < -0.39 is 0 Å². The van der Waals surface area contributed by atoms with E-state index in [0.29, 0.717) is 5.91 Å². The van der Waals surface area contributed by atoms with Gasteiger partial charge in [0.1, 0.15) is 0 Å². The molecule has 1 aromatic heterocycles. The summed E-state index contributed by atoms with van der Waals surface area (Å²) in [5.41, 5.74) is 4.51. The van der Waals surface area contributed by atoms with Crippen LogP contribution in [0, 0.1) is 19.8 Å². The summed E-state index contributed by atoms with van der Waals surface area (Å²) in [5.74, 6) is 0.526. The largest absolute Gasteiger partial charge is 0.365 e. The SMILES string of the molecule is Cc1nn(-c2ccccc2)c(C)c1N1CCN(C(=O)C2CC=CCC2)CC1. The summed E-state index contributed by atoms with van der Waals surface area (Å²) < 4.78 is 2.02. The fraction of sp³-hybridized carbons (Fsp3) is 0.455. The van der Waals surface area contributed by atoms with Crippen molar-refractivity contribution in [2.75, 3.05) is 31.1 Å².